The molecule has 0 aliphatic carbocycles. The van der Waals surface area contributed by atoms with E-state index in [1.807, 2.05) is 6.07 Å². The summed E-state index contributed by atoms with van der Waals surface area (Å²) < 4.78 is 0. The van der Waals surface area contributed by atoms with Crippen molar-refractivity contribution in [1.82, 2.24) is 0 Å². The van der Waals surface area contributed by atoms with Crippen LogP contribution in [0, 0.1) is 11.3 Å². The van der Waals surface area contributed by atoms with Gasteiger partial charge in [-0.15, -0.1) is 0 Å². The van der Waals surface area contributed by atoms with Gasteiger partial charge in [-0.05, 0) is 19.1 Å². The lowest BCUT2D eigenvalue weighted by molar-refractivity contribution is 0.101. The number of benzene rings is 1. The Balaban J connectivity index is 3.40. The minimum atomic E-state index is -0.144. The van der Waals surface area contributed by atoms with Gasteiger partial charge in [0.05, 0.1) is 10.6 Å². The summed E-state index contributed by atoms with van der Waals surface area (Å²) in [6.45, 7) is 1.41. The third kappa shape index (κ3) is 1.46. The summed E-state index contributed by atoms with van der Waals surface area (Å²) in [6, 6.07) is 6.72. The van der Waals surface area contributed by atoms with Crippen LogP contribution in [0.15, 0.2) is 18.2 Å². The molecule has 2 nitrogen and oxygen atoms in total. The lowest BCUT2D eigenvalue weighted by Crippen LogP contribution is -1.96. The summed E-state index contributed by atoms with van der Waals surface area (Å²) in [6.07, 6.45) is 0. The number of Topliss-reactive ketones (excluding diaryl/α,β-unsaturated/α-hetero) is 1. The zero-order valence-electron chi connectivity index (χ0n) is 6.47. The number of nitrogens with zero attached hydrogens (tertiary/aromatic N) is 1. The third-order valence-electron chi connectivity index (χ3n) is 1.50. The highest BCUT2D eigenvalue weighted by Crippen LogP contribution is 2.18. The van der Waals surface area contributed by atoms with Crippen molar-refractivity contribution in [2.45, 2.75) is 6.92 Å². The molecule has 0 fully saturated rings. The smallest absolute Gasteiger partial charge is 0.161 e. The molecule has 0 spiro atoms. The van der Waals surface area contributed by atoms with Crippen molar-refractivity contribution >= 4 is 17.4 Å². The average molecular weight is 180 g/mol. The van der Waals surface area contributed by atoms with Crippen LogP contribution in [0.2, 0.25) is 5.02 Å². The molecule has 0 radical (unpaired) electrons. The molecule has 0 bridgehead atoms. The average Bonchev–Trinajstić information content (AvgIpc) is 2.03. The lowest BCUT2D eigenvalue weighted by atomic mass is 10.1. The van der Waals surface area contributed by atoms with Gasteiger partial charge in [-0.25, -0.2) is 0 Å². The number of hydrogen-bond acceptors (Lipinski definition) is 2. The summed E-state index contributed by atoms with van der Waals surface area (Å²) in [4.78, 5) is 11.0. The van der Waals surface area contributed by atoms with Crippen molar-refractivity contribution < 1.29 is 4.79 Å². The van der Waals surface area contributed by atoms with Gasteiger partial charge in [-0.2, -0.15) is 5.26 Å². The van der Waals surface area contributed by atoms with Crippen LogP contribution in [0.1, 0.15) is 22.8 Å². The fraction of sp³-hybridized carbons (Fsp3) is 0.111. The van der Waals surface area contributed by atoms with Gasteiger partial charge >= 0.3 is 0 Å². The molecule has 0 saturated heterocycles. The Morgan fingerprint density at radius 1 is 1.58 bits per heavy atom. The van der Waals surface area contributed by atoms with Crippen LogP contribution in [0.3, 0.4) is 0 Å². The molecule has 0 N–H and O–H groups in total. The first-order chi connectivity index (χ1) is 5.66. The van der Waals surface area contributed by atoms with E-state index >= 15 is 0 Å². The number of carbonyl (C=O) groups excluding carboxylic acids is 1. The highest BCUT2D eigenvalue weighted by atomic mass is 35.5. The van der Waals surface area contributed by atoms with E-state index in [2.05, 4.69) is 0 Å². The Labute approximate surface area is 75.4 Å². The van der Waals surface area contributed by atoms with Crippen molar-refractivity contribution in [3.63, 3.8) is 0 Å². The van der Waals surface area contributed by atoms with E-state index in [4.69, 9.17) is 16.9 Å². The highest BCUT2D eigenvalue weighted by molar-refractivity contribution is 6.32. The third-order valence-corrected chi connectivity index (χ3v) is 1.82. The normalized spacial score (nSPS) is 9.08. The van der Waals surface area contributed by atoms with Crippen molar-refractivity contribution in [3.8, 4) is 6.07 Å². The topological polar surface area (TPSA) is 40.9 Å². The van der Waals surface area contributed by atoms with Gasteiger partial charge in [0.1, 0.15) is 6.07 Å². The molecule has 1 aromatic carbocycles. The second-order valence-corrected chi connectivity index (χ2v) is 2.74. The molecular formula is C9H6ClNO. The Morgan fingerprint density at radius 3 is 2.67 bits per heavy atom. The second-order valence-electron chi connectivity index (χ2n) is 2.33. The van der Waals surface area contributed by atoms with E-state index in [-0.39, 0.29) is 11.3 Å². The molecular weight excluding hydrogens is 174 g/mol. The summed E-state index contributed by atoms with van der Waals surface area (Å²) >= 11 is 5.70. The predicted molar refractivity (Wildman–Crippen MR) is 46.2 cm³/mol. The van der Waals surface area contributed by atoms with E-state index < -0.39 is 0 Å². The summed E-state index contributed by atoms with van der Waals surface area (Å²) in [5, 5.41) is 8.99. The van der Waals surface area contributed by atoms with Crippen LogP contribution >= 0.6 is 11.6 Å². The van der Waals surface area contributed by atoms with Crippen molar-refractivity contribution in [2.24, 2.45) is 0 Å². The Bertz CT molecular complexity index is 365. The molecule has 1 rings (SSSR count). The quantitative estimate of drug-likeness (QED) is 0.622. The van der Waals surface area contributed by atoms with Crippen molar-refractivity contribution in [3.05, 3.63) is 34.3 Å². The van der Waals surface area contributed by atoms with Crippen LogP contribution < -0.4 is 0 Å². The van der Waals surface area contributed by atoms with Gasteiger partial charge in [-0.3, -0.25) is 4.79 Å². The number of rotatable bonds is 1. The monoisotopic (exact) mass is 179 g/mol. The number of carbonyl (C=O) groups is 1. The molecule has 0 aliphatic rings. The Hall–Kier alpha value is -1.33. The number of halogens is 1. The highest BCUT2D eigenvalue weighted by Gasteiger charge is 2.08. The van der Waals surface area contributed by atoms with Gasteiger partial charge in [0.15, 0.2) is 5.78 Å². The van der Waals surface area contributed by atoms with Crippen LogP contribution in [0.5, 0.6) is 0 Å². The van der Waals surface area contributed by atoms with Crippen LogP contribution in [0.25, 0.3) is 0 Å². The maximum Gasteiger partial charge on any atom is 0.161 e. The molecule has 0 aliphatic heterocycles. The first-order valence-corrected chi connectivity index (χ1v) is 3.74. The lowest BCUT2D eigenvalue weighted by Gasteiger charge is -1.99. The van der Waals surface area contributed by atoms with E-state index in [9.17, 15) is 4.79 Å². The minimum absolute atomic E-state index is 0.144. The Kier molecular flexibility index (Phi) is 2.47. The minimum Gasteiger partial charge on any atom is -0.294 e. The molecule has 3 heteroatoms. The largest absolute Gasteiger partial charge is 0.294 e. The van der Waals surface area contributed by atoms with Crippen LogP contribution in [-0.4, -0.2) is 5.78 Å². The van der Waals surface area contributed by atoms with Gasteiger partial charge in [0, 0.05) is 5.56 Å². The molecule has 60 valence electrons. The summed E-state index contributed by atoms with van der Waals surface area (Å²) in [5.41, 5.74) is 0.636. The summed E-state index contributed by atoms with van der Waals surface area (Å²) in [7, 11) is 0. The molecule has 0 aromatic heterocycles. The first kappa shape index (κ1) is 8.76. The molecule has 0 heterocycles. The molecule has 0 amide bonds. The van der Waals surface area contributed by atoms with Gasteiger partial charge < -0.3 is 0 Å². The van der Waals surface area contributed by atoms with Crippen molar-refractivity contribution in [1.29, 1.82) is 5.26 Å². The number of nitriles is 1. The Morgan fingerprint density at radius 2 is 2.25 bits per heavy atom. The van der Waals surface area contributed by atoms with E-state index in [1.165, 1.54) is 6.92 Å². The zero-order valence-corrected chi connectivity index (χ0v) is 7.22. The molecule has 0 saturated carbocycles. The van der Waals surface area contributed by atoms with Crippen LogP contribution in [0.4, 0.5) is 0 Å². The fourth-order valence-electron chi connectivity index (χ4n) is 0.931. The second kappa shape index (κ2) is 3.38. The van der Waals surface area contributed by atoms with Gasteiger partial charge in [-0.1, -0.05) is 17.7 Å². The molecule has 0 atom stereocenters. The number of ketones is 1. The summed E-state index contributed by atoms with van der Waals surface area (Å²) in [5.74, 6) is -0.144. The predicted octanol–water partition coefficient (Wildman–Crippen LogP) is 2.41. The molecule has 12 heavy (non-hydrogen) atoms. The van der Waals surface area contributed by atoms with Gasteiger partial charge in [0.2, 0.25) is 0 Å². The number of hydrogen-bond donors (Lipinski definition) is 0. The van der Waals surface area contributed by atoms with E-state index in [0.29, 0.717) is 10.6 Å². The van der Waals surface area contributed by atoms with E-state index in [1.54, 1.807) is 18.2 Å². The standard InChI is InChI=1S/C9H6ClNO/c1-6(12)7-3-2-4-9(10)8(7)5-11/h2-4H,1H3. The fourth-order valence-corrected chi connectivity index (χ4v) is 1.15. The maximum atomic E-state index is 11.0. The van der Waals surface area contributed by atoms with Crippen molar-refractivity contribution in [2.75, 3.05) is 0 Å². The zero-order chi connectivity index (χ0) is 9.14. The molecule has 1 aromatic rings. The maximum absolute atomic E-state index is 11.0. The SMILES string of the molecule is CC(=O)c1cccc(Cl)c1C#N. The van der Waals surface area contributed by atoms with E-state index in [0.717, 1.165) is 0 Å². The van der Waals surface area contributed by atoms with Crippen LogP contribution in [-0.2, 0) is 0 Å². The first-order valence-electron chi connectivity index (χ1n) is 3.36. The van der Waals surface area contributed by atoms with Gasteiger partial charge in [0.25, 0.3) is 0 Å². The molecule has 0 unspecified atom stereocenters.